The summed E-state index contributed by atoms with van der Waals surface area (Å²) in [5.41, 5.74) is 4.17. The fourth-order valence-electron chi connectivity index (χ4n) is 5.12. The average Bonchev–Trinajstić information content (AvgIpc) is 3.02. The van der Waals surface area contributed by atoms with Crippen LogP contribution in [0.3, 0.4) is 0 Å². The van der Waals surface area contributed by atoms with E-state index in [-0.39, 0.29) is 5.60 Å². The lowest BCUT2D eigenvalue weighted by Gasteiger charge is -2.25. The summed E-state index contributed by atoms with van der Waals surface area (Å²) in [6, 6.07) is 0. The van der Waals surface area contributed by atoms with Crippen LogP contribution in [0.15, 0.2) is 0 Å². The van der Waals surface area contributed by atoms with Crippen molar-refractivity contribution < 1.29 is 9.84 Å². The van der Waals surface area contributed by atoms with Crippen LogP contribution in [0.5, 0.6) is 11.5 Å². The van der Waals surface area contributed by atoms with Crippen molar-refractivity contribution >= 4 is 0 Å². The summed E-state index contributed by atoms with van der Waals surface area (Å²) in [4.78, 5) is 0. The van der Waals surface area contributed by atoms with E-state index in [2.05, 4.69) is 41.5 Å². The van der Waals surface area contributed by atoms with Crippen molar-refractivity contribution in [2.24, 2.45) is 17.8 Å². The minimum absolute atomic E-state index is 0.122. The molecule has 0 aromatic heterocycles. The Labute approximate surface area is 186 Å². The fraction of sp³-hybridized carbons (Fsp3) is 0.786. The largest absolute Gasteiger partial charge is 0.507 e. The lowest BCUT2D eigenvalue weighted by molar-refractivity contribution is 0.0997. The maximum absolute atomic E-state index is 10.4. The lowest BCUT2D eigenvalue weighted by Crippen LogP contribution is -2.30. The number of benzene rings is 1. The third-order valence-electron chi connectivity index (χ3n) is 7.51. The van der Waals surface area contributed by atoms with Gasteiger partial charge in [-0.3, -0.25) is 0 Å². The molecule has 0 aliphatic carbocycles. The number of ether oxygens (including phenoxy) is 1. The molecule has 30 heavy (non-hydrogen) atoms. The van der Waals surface area contributed by atoms with Crippen LogP contribution in [0.2, 0.25) is 0 Å². The first kappa shape index (κ1) is 25.1. The Morgan fingerprint density at radius 2 is 1.33 bits per heavy atom. The first-order valence-electron chi connectivity index (χ1n) is 12.5. The predicted octanol–water partition coefficient (Wildman–Crippen LogP) is 8.45. The molecule has 1 aliphatic rings. The van der Waals surface area contributed by atoms with E-state index in [1.54, 1.807) is 0 Å². The summed E-state index contributed by atoms with van der Waals surface area (Å²) in [5, 5.41) is 10.4. The van der Waals surface area contributed by atoms with E-state index < -0.39 is 0 Å². The quantitative estimate of drug-likeness (QED) is 0.370. The first-order valence-corrected chi connectivity index (χ1v) is 12.5. The summed E-state index contributed by atoms with van der Waals surface area (Å²) in [7, 11) is 0. The number of phenols is 1. The van der Waals surface area contributed by atoms with Gasteiger partial charge in [0.1, 0.15) is 17.1 Å². The summed E-state index contributed by atoms with van der Waals surface area (Å²) in [6.45, 7) is 17.9. The number of fused-ring (bicyclic) bond motifs is 1. The van der Waals surface area contributed by atoms with Crippen LogP contribution in [0.25, 0.3) is 0 Å². The highest BCUT2D eigenvalue weighted by Crippen LogP contribution is 2.46. The second kappa shape index (κ2) is 10.9. The highest BCUT2D eigenvalue weighted by molar-refractivity contribution is 5.59. The maximum Gasteiger partial charge on any atom is 0.127 e. The highest BCUT2D eigenvalue weighted by atomic mass is 16.5. The second-order valence-electron chi connectivity index (χ2n) is 11.1. The molecule has 1 heterocycles. The smallest absolute Gasteiger partial charge is 0.127 e. The van der Waals surface area contributed by atoms with Gasteiger partial charge in [-0.05, 0) is 75.0 Å². The minimum atomic E-state index is -0.122. The molecule has 0 fully saturated rings. The van der Waals surface area contributed by atoms with Crippen molar-refractivity contribution in [3.8, 4) is 11.5 Å². The molecule has 172 valence electrons. The zero-order chi connectivity index (χ0) is 22.5. The van der Waals surface area contributed by atoms with Crippen LogP contribution in [0.1, 0.15) is 115 Å². The van der Waals surface area contributed by atoms with Crippen LogP contribution < -0.4 is 4.74 Å². The molecular weight excluding hydrogens is 368 g/mol. The van der Waals surface area contributed by atoms with E-state index in [1.165, 1.54) is 56.9 Å². The van der Waals surface area contributed by atoms with Gasteiger partial charge in [0.2, 0.25) is 0 Å². The molecule has 0 amide bonds. The van der Waals surface area contributed by atoms with E-state index in [1.807, 2.05) is 13.8 Å². The molecular formula is C28H48O2. The molecule has 0 bridgehead atoms. The standard InChI is InChI=1S/C28H48O2/c1-19(2)12-9-13-20(3)14-10-15-21(4)16-11-17-28(8)18-25-24(7)26(29)22(5)23(6)27(25)30-28/h19-21,29H,9-18H2,1-8H3/t20-,21-,28+/m0/s1. The SMILES string of the molecule is Cc1c(C)c2c(c(C)c1O)C[C@@](C)(CCC[C@@H](C)CCC[C@@H](C)CCCC(C)C)O2. The molecule has 2 rings (SSSR count). The van der Waals surface area contributed by atoms with E-state index in [4.69, 9.17) is 4.74 Å². The average molecular weight is 417 g/mol. The first-order chi connectivity index (χ1) is 14.0. The Morgan fingerprint density at radius 1 is 0.800 bits per heavy atom. The summed E-state index contributed by atoms with van der Waals surface area (Å²) in [5.74, 6) is 4.01. The molecule has 0 unspecified atom stereocenters. The van der Waals surface area contributed by atoms with Crippen molar-refractivity contribution in [3.05, 3.63) is 22.3 Å². The Morgan fingerprint density at radius 3 is 1.90 bits per heavy atom. The van der Waals surface area contributed by atoms with Crippen LogP contribution in [-0.2, 0) is 6.42 Å². The van der Waals surface area contributed by atoms with Gasteiger partial charge in [-0.25, -0.2) is 0 Å². The molecule has 3 atom stereocenters. The summed E-state index contributed by atoms with van der Waals surface area (Å²) < 4.78 is 6.48. The summed E-state index contributed by atoms with van der Waals surface area (Å²) in [6.07, 6.45) is 12.8. The maximum atomic E-state index is 10.4. The van der Waals surface area contributed by atoms with Crippen molar-refractivity contribution in [1.82, 2.24) is 0 Å². The van der Waals surface area contributed by atoms with E-state index in [0.717, 1.165) is 53.0 Å². The predicted molar refractivity (Wildman–Crippen MR) is 130 cm³/mol. The van der Waals surface area contributed by atoms with Crippen molar-refractivity contribution in [1.29, 1.82) is 0 Å². The summed E-state index contributed by atoms with van der Waals surface area (Å²) >= 11 is 0. The van der Waals surface area contributed by atoms with Crippen LogP contribution in [0.4, 0.5) is 0 Å². The van der Waals surface area contributed by atoms with Crippen LogP contribution >= 0.6 is 0 Å². The van der Waals surface area contributed by atoms with Gasteiger partial charge in [-0.2, -0.15) is 0 Å². The molecule has 0 spiro atoms. The Kier molecular flexibility index (Phi) is 9.13. The number of hydrogen-bond donors (Lipinski definition) is 1. The van der Waals surface area contributed by atoms with E-state index in [9.17, 15) is 5.11 Å². The molecule has 0 saturated carbocycles. The van der Waals surface area contributed by atoms with Gasteiger partial charge >= 0.3 is 0 Å². The number of aromatic hydroxyl groups is 1. The number of phenolic OH excluding ortho intramolecular Hbond substituents is 1. The third kappa shape index (κ3) is 6.66. The Balaban J connectivity index is 1.71. The fourth-order valence-corrected chi connectivity index (χ4v) is 5.12. The molecule has 0 radical (unpaired) electrons. The van der Waals surface area contributed by atoms with Gasteiger partial charge in [0.25, 0.3) is 0 Å². The van der Waals surface area contributed by atoms with Crippen molar-refractivity contribution in [2.75, 3.05) is 0 Å². The van der Waals surface area contributed by atoms with Gasteiger partial charge < -0.3 is 9.84 Å². The molecule has 2 nitrogen and oxygen atoms in total. The van der Waals surface area contributed by atoms with Crippen molar-refractivity contribution in [3.63, 3.8) is 0 Å². The van der Waals surface area contributed by atoms with Gasteiger partial charge in [0.05, 0.1) is 0 Å². The van der Waals surface area contributed by atoms with E-state index in [0.29, 0.717) is 5.75 Å². The number of rotatable bonds is 12. The minimum Gasteiger partial charge on any atom is -0.507 e. The molecule has 0 saturated heterocycles. The van der Waals surface area contributed by atoms with Crippen LogP contribution in [-0.4, -0.2) is 10.7 Å². The van der Waals surface area contributed by atoms with Gasteiger partial charge in [-0.1, -0.05) is 72.6 Å². The molecule has 2 heteroatoms. The Bertz CT molecular complexity index is 652. The van der Waals surface area contributed by atoms with Gasteiger partial charge in [0, 0.05) is 12.0 Å². The molecule has 1 aromatic rings. The molecule has 1 aromatic carbocycles. The second-order valence-corrected chi connectivity index (χ2v) is 11.1. The topological polar surface area (TPSA) is 29.5 Å². The zero-order valence-electron chi connectivity index (χ0n) is 21.2. The molecule has 1 aliphatic heterocycles. The normalized spacial score (nSPS) is 20.3. The lowest BCUT2D eigenvalue weighted by atomic mass is 9.87. The Hall–Kier alpha value is -1.18. The van der Waals surface area contributed by atoms with Crippen molar-refractivity contribution in [2.45, 2.75) is 125 Å². The van der Waals surface area contributed by atoms with Crippen LogP contribution in [0, 0.1) is 38.5 Å². The monoisotopic (exact) mass is 416 g/mol. The van der Waals surface area contributed by atoms with Gasteiger partial charge in [-0.15, -0.1) is 0 Å². The highest BCUT2D eigenvalue weighted by Gasteiger charge is 2.37. The number of hydrogen-bond acceptors (Lipinski definition) is 2. The molecule has 1 N–H and O–H groups in total. The van der Waals surface area contributed by atoms with Gasteiger partial charge in [0.15, 0.2) is 0 Å². The third-order valence-corrected chi connectivity index (χ3v) is 7.51. The van der Waals surface area contributed by atoms with E-state index >= 15 is 0 Å². The zero-order valence-corrected chi connectivity index (χ0v) is 21.2.